The van der Waals surface area contributed by atoms with Crippen LogP contribution in [-0.4, -0.2) is 31.0 Å². The smallest absolute Gasteiger partial charge is 0.335 e. The predicted octanol–water partition coefficient (Wildman–Crippen LogP) is 4.65. The van der Waals surface area contributed by atoms with Gasteiger partial charge in [0, 0.05) is 17.0 Å². The van der Waals surface area contributed by atoms with Crippen LogP contribution in [0.4, 0.5) is 5.82 Å². The van der Waals surface area contributed by atoms with Crippen molar-refractivity contribution in [3.05, 3.63) is 64.0 Å². The van der Waals surface area contributed by atoms with Crippen LogP contribution in [0.1, 0.15) is 33.3 Å². The normalized spacial score (nSPS) is 11.4. The zero-order valence-corrected chi connectivity index (χ0v) is 18.3. The van der Waals surface area contributed by atoms with E-state index in [1.807, 2.05) is 38.1 Å². The number of aryl methyl sites for hydroxylation is 3. The predicted molar refractivity (Wildman–Crippen MR) is 115 cm³/mol. The number of nitrogens with zero attached hydrogens (tertiary/aromatic N) is 2. The van der Waals surface area contributed by atoms with E-state index in [2.05, 4.69) is 4.98 Å². The third kappa shape index (κ3) is 4.04. The van der Waals surface area contributed by atoms with Gasteiger partial charge in [0.15, 0.2) is 5.82 Å². The Bertz CT molecular complexity index is 1170. The molecular formula is C21H22N2O4S2. The van der Waals surface area contributed by atoms with Gasteiger partial charge in [-0.05, 0) is 45.4 Å². The van der Waals surface area contributed by atoms with Crippen molar-refractivity contribution in [3.63, 3.8) is 0 Å². The molecule has 8 heteroatoms. The summed E-state index contributed by atoms with van der Waals surface area (Å²) in [4.78, 5) is 16.7. The fourth-order valence-corrected chi connectivity index (χ4v) is 5.48. The number of carboxylic acids is 1. The molecule has 0 saturated heterocycles. The molecule has 0 unspecified atom stereocenters. The Labute approximate surface area is 174 Å². The molecule has 0 amide bonds. The Morgan fingerprint density at radius 2 is 1.76 bits per heavy atom. The number of aromatic nitrogens is 1. The lowest BCUT2D eigenvalue weighted by Crippen LogP contribution is -2.31. The molecule has 0 aliphatic heterocycles. The minimum Gasteiger partial charge on any atom is -0.478 e. The summed E-state index contributed by atoms with van der Waals surface area (Å²) in [6.07, 6.45) is 0. The second kappa shape index (κ2) is 7.96. The number of carboxylic acid groups (broad SMARTS) is 1. The van der Waals surface area contributed by atoms with Gasteiger partial charge in [0.2, 0.25) is 0 Å². The van der Waals surface area contributed by atoms with E-state index < -0.39 is 16.0 Å². The number of anilines is 1. The molecule has 0 atom stereocenters. The minimum absolute atomic E-state index is 0.0301. The van der Waals surface area contributed by atoms with Crippen molar-refractivity contribution >= 4 is 33.1 Å². The Hall–Kier alpha value is -2.71. The van der Waals surface area contributed by atoms with Crippen molar-refractivity contribution < 1.29 is 18.3 Å². The zero-order valence-electron chi connectivity index (χ0n) is 16.6. The van der Waals surface area contributed by atoms with Crippen molar-refractivity contribution in [3.8, 4) is 10.6 Å². The summed E-state index contributed by atoms with van der Waals surface area (Å²) in [5.41, 5.74) is 2.53. The first-order valence-corrected chi connectivity index (χ1v) is 11.3. The van der Waals surface area contributed by atoms with E-state index in [1.54, 1.807) is 13.8 Å². The second-order valence-electron chi connectivity index (χ2n) is 6.72. The molecule has 1 heterocycles. The van der Waals surface area contributed by atoms with Crippen molar-refractivity contribution in [2.45, 2.75) is 32.6 Å². The monoisotopic (exact) mass is 430 g/mol. The molecule has 1 aromatic heterocycles. The molecule has 29 heavy (non-hydrogen) atoms. The maximum Gasteiger partial charge on any atom is 0.335 e. The van der Waals surface area contributed by atoms with Gasteiger partial charge in [-0.3, -0.25) is 0 Å². The Kier molecular flexibility index (Phi) is 5.77. The first kappa shape index (κ1) is 21.0. The van der Waals surface area contributed by atoms with Crippen LogP contribution < -0.4 is 4.31 Å². The van der Waals surface area contributed by atoms with Gasteiger partial charge in [-0.25, -0.2) is 22.5 Å². The Balaban J connectivity index is 2.06. The van der Waals surface area contributed by atoms with Gasteiger partial charge in [-0.2, -0.15) is 0 Å². The number of hydrogen-bond donors (Lipinski definition) is 1. The first-order valence-electron chi connectivity index (χ1n) is 9.06. The lowest BCUT2D eigenvalue weighted by Gasteiger charge is -2.21. The lowest BCUT2D eigenvalue weighted by atomic mass is 10.1. The molecule has 6 nitrogen and oxygen atoms in total. The summed E-state index contributed by atoms with van der Waals surface area (Å²) in [5, 5.41) is 10.1. The number of sulfonamides is 1. The summed E-state index contributed by atoms with van der Waals surface area (Å²) < 4.78 is 27.8. The number of thiazole rings is 1. The molecule has 2 aromatic carbocycles. The van der Waals surface area contributed by atoms with E-state index in [1.165, 1.54) is 33.8 Å². The van der Waals surface area contributed by atoms with E-state index in [4.69, 9.17) is 0 Å². The zero-order chi connectivity index (χ0) is 21.3. The van der Waals surface area contributed by atoms with Crippen LogP contribution in [-0.2, 0) is 10.0 Å². The van der Waals surface area contributed by atoms with Crippen LogP contribution in [0.2, 0.25) is 0 Å². The van der Waals surface area contributed by atoms with Crippen LogP contribution in [0.15, 0.2) is 47.4 Å². The molecule has 0 aliphatic carbocycles. The maximum atomic E-state index is 13.3. The molecule has 152 valence electrons. The van der Waals surface area contributed by atoms with E-state index in [0.717, 1.165) is 21.0 Å². The van der Waals surface area contributed by atoms with Crippen LogP contribution in [0, 0.1) is 20.8 Å². The highest BCUT2D eigenvalue weighted by Gasteiger charge is 2.28. The summed E-state index contributed by atoms with van der Waals surface area (Å²) in [6.45, 7) is 7.38. The summed E-state index contributed by atoms with van der Waals surface area (Å²) >= 11 is 1.43. The van der Waals surface area contributed by atoms with E-state index in [-0.39, 0.29) is 17.0 Å². The van der Waals surface area contributed by atoms with Gasteiger partial charge in [0.05, 0.1) is 10.5 Å². The average Bonchev–Trinajstić information content (AvgIpc) is 3.04. The number of benzene rings is 2. The van der Waals surface area contributed by atoms with Crippen LogP contribution in [0.3, 0.4) is 0 Å². The molecule has 0 radical (unpaired) electrons. The van der Waals surface area contributed by atoms with Gasteiger partial charge in [0.1, 0.15) is 5.01 Å². The third-order valence-corrected chi connectivity index (χ3v) is 7.49. The van der Waals surface area contributed by atoms with Crippen molar-refractivity contribution in [1.82, 2.24) is 4.98 Å². The fraction of sp³-hybridized carbons (Fsp3) is 0.238. The SMILES string of the molecule is CCN(c1nc(-c2ccc(C)cc2)sc1C)S(=O)(=O)c1ccc(C)c(C(=O)O)c1. The summed E-state index contributed by atoms with van der Waals surface area (Å²) in [6, 6.07) is 12.0. The highest BCUT2D eigenvalue weighted by molar-refractivity contribution is 7.92. The summed E-state index contributed by atoms with van der Waals surface area (Å²) in [5.74, 6) is -0.792. The van der Waals surface area contributed by atoms with Crippen LogP contribution in [0.25, 0.3) is 10.6 Å². The van der Waals surface area contributed by atoms with Gasteiger partial charge in [-0.15, -0.1) is 11.3 Å². The number of hydrogen-bond acceptors (Lipinski definition) is 5. The van der Waals surface area contributed by atoms with Gasteiger partial charge in [0.25, 0.3) is 10.0 Å². The molecule has 3 rings (SSSR count). The van der Waals surface area contributed by atoms with Crippen molar-refractivity contribution in [2.75, 3.05) is 10.8 Å². The highest BCUT2D eigenvalue weighted by Crippen LogP contribution is 2.35. The third-order valence-electron chi connectivity index (χ3n) is 4.62. The van der Waals surface area contributed by atoms with E-state index in [9.17, 15) is 18.3 Å². The molecule has 0 spiro atoms. The molecule has 0 fully saturated rings. The maximum absolute atomic E-state index is 13.3. The van der Waals surface area contributed by atoms with Gasteiger partial charge in [-0.1, -0.05) is 35.9 Å². The molecule has 3 aromatic rings. The van der Waals surface area contributed by atoms with Gasteiger partial charge < -0.3 is 5.11 Å². The fourth-order valence-electron chi connectivity index (χ4n) is 2.99. The average molecular weight is 431 g/mol. The molecular weight excluding hydrogens is 408 g/mol. The quantitative estimate of drug-likeness (QED) is 0.615. The molecule has 0 bridgehead atoms. The van der Waals surface area contributed by atoms with Crippen LogP contribution >= 0.6 is 11.3 Å². The second-order valence-corrected chi connectivity index (χ2v) is 9.78. The molecule has 1 N–H and O–H groups in total. The van der Waals surface area contributed by atoms with E-state index >= 15 is 0 Å². The number of rotatable bonds is 6. The van der Waals surface area contributed by atoms with Gasteiger partial charge >= 0.3 is 5.97 Å². The topological polar surface area (TPSA) is 87.6 Å². The lowest BCUT2D eigenvalue weighted by molar-refractivity contribution is 0.0696. The standard InChI is InChI=1S/C21H22N2O4S2/c1-5-23(29(26,27)17-11-8-14(3)18(12-17)21(24)25)19-15(4)28-20(22-19)16-9-6-13(2)7-10-16/h6-12H,5H2,1-4H3,(H,24,25). The first-order chi connectivity index (χ1) is 13.6. The number of carbonyl (C=O) groups is 1. The Morgan fingerprint density at radius 3 is 2.34 bits per heavy atom. The van der Waals surface area contributed by atoms with Crippen molar-refractivity contribution in [2.24, 2.45) is 0 Å². The summed E-state index contributed by atoms with van der Waals surface area (Å²) in [7, 11) is -3.96. The molecule has 0 saturated carbocycles. The van der Waals surface area contributed by atoms with Crippen molar-refractivity contribution in [1.29, 1.82) is 0 Å². The minimum atomic E-state index is -3.96. The highest BCUT2D eigenvalue weighted by atomic mass is 32.2. The largest absolute Gasteiger partial charge is 0.478 e. The number of aromatic carboxylic acids is 1. The molecule has 0 aliphatic rings. The Morgan fingerprint density at radius 1 is 1.10 bits per heavy atom. The van der Waals surface area contributed by atoms with Crippen LogP contribution in [0.5, 0.6) is 0 Å². The van der Waals surface area contributed by atoms with E-state index in [0.29, 0.717) is 11.4 Å².